The quantitative estimate of drug-likeness (QED) is 0.388. The second kappa shape index (κ2) is 9.34. The molecule has 3 aromatic rings. The molecule has 8 nitrogen and oxygen atoms in total. The van der Waals surface area contributed by atoms with Crippen LogP contribution in [0.1, 0.15) is 0 Å². The monoisotopic (exact) mass is 479 g/mol. The van der Waals surface area contributed by atoms with Gasteiger partial charge in [0.25, 0.3) is 15.7 Å². The number of para-hydroxylation sites is 1. The first-order chi connectivity index (χ1) is 14.7. The van der Waals surface area contributed by atoms with Crippen molar-refractivity contribution in [2.45, 2.75) is 4.90 Å². The Morgan fingerprint density at radius 1 is 0.935 bits per heavy atom. The minimum atomic E-state index is -4.16. The Bertz CT molecular complexity index is 1200. The second-order valence-electron chi connectivity index (χ2n) is 6.24. The zero-order valence-corrected chi connectivity index (χ0v) is 18.1. The maximum absolute atomic E-state index is 13.2. The van der Waals surface area contributed by atoms with E-state index in [1.54, 1.807) is 24.3 Å². The molecule has 0 aliphatic carbocycles. The number of nitro groups is 1. The summed E-state index contributed by atoms with van der Waals surface area (Å²) in [6.07, 6.45) is 0. The van der Waals surface area contributed by atoms with Gasteiger partial charge in [-0.1, -0.05) is 47.5 Å². The molecule has 0 saturated heterocycles. The lowest BCUT2D eigenvalue weighted by Gasteiger charge is -2.24. The molecule has 0 bridgehead atoms. The zero-order valence-electron chi connectivity index (χ0n) is 15.7. The van der Waals surface area contributed by atoms with E-state index in [1.807, 2.05) is 0 Å². The standard InChI is InChI=1S/C20H15Cl2N3O5S/c21-17-7-4-8-18(22)20(17)23-19(26)13-24(14-9-11-15(12-10-14)25(27)28)31(29,30)16-5-2-1-3-6-16/h1-12H,13H2,(H,23,26). The fourth-order valence-corrected chi connectivity index (χ4v) is 4.64. The van der Waals surface area contributed by atoms with Gasteiger partial charge in [0.1, 0.15) is 6.54 Å². The summed E-state index contributed by atoms with van der Waals surface area (Å²) in [5.41, 5.74) is 0.0135. The summed E-state index contributed by atoms with van der Waals surface area (Å²) in [7, 11) is -4.16. The van der Waals surface area contributed by atoms with Crippen LogP contribution in [0.2, 0.25) is 10.0 Å². The van der Waals surface area contributed by atoms with Crippen molar-refractivity contribution in [2.75, 3.05) is 16.2 Å². The Labute approximate surface area is 188 Å². The fourth-order valence-electron chi connectivity index (χ4n) is 2.70. The Hall–Kier alpha value is -3.14. The third kappa shape index (κ3) is 5.13. The van der Waals surface area contributed by atoms with Crippen LogP contribution in [0.5, 0.6) is 0 Å². The summed E-state index contributed by atoms with van der Waals surface area (Å²) in [5.74, 6) is -0.701. The Morgan fingerprint density at radius 2 is 1.52 bits per heavy atom. The van der Waals surface area contributed by atoms with Crippen molar-refractivity contribution in [1.82, 2.24) is 0 Å². The lowest BCUT2D eigenvalue weighted by atomic mass is 10.3. The normalized spacial score (nSPS) is 11.0. The predicted molar refractivity (Wildman–Crippen MR) is 119 cm³/mol. The molecule has 0 unspecified atom stereocenters. The minimum Gasteiger partial charge on any atom is -0.322 e. The van der Waals surface area contributed by atoms with Crippen molar-refractivity contribution in [3.05, 3.63) is 93.0 Å². The number of hydrogen-bond acceptors (Lipinski definition) is 5. The number of sulfonamides is 1. The number of carbonyl (C=O) groups is 1. The molecule has 1 amide bonds. The maximum atomic E-state index is 13.2. The van der Waals surface area contributed by atoms with Crippen molar-refractivity contribution < 1.29 is 18.1 Å². The van der Waals surface area contributed by atoms with Gasteiger partial charge in [0.15, 0.2) is 0 Å². The van der Waals surface area contributed by atoms with Gasteiger partial charge in [0, 0.05) is 12.1 Å². The number of halogens is 2. The molecular formula is C20H15Cl2N3O5S. The van der Waals surface area contributed by atoms with Crippen molar-refractivity contribution in [1.29, 1.82) is 0 Å². The van der Waals surface area contributed by atoms with Gasteiger partial charge >= 0.3 is 0 Å². The second-order valence-corrected chi connectivity index (χ2v) is 8.92. The largest absolute Gasteiger partial charge is 0.322 e. The molecule has 0 radical (unpaired) electrons. The fraction of sp³-hybridized carbons (Fsp3) is 0.0500. The molecule has 0 saturated carbocycles. The summed E-state index contributed by atoms with van der Waals surface area (Å²) < 4.78 is 27.3. The van der Waals surface area contributed by atoms with Gasteiger partial charge in [-0.05, 0) is 36.4 Å². The summed E-state index contributed by atoms with van der Waals surface area (Å²) in [6.45, 7) is -0.614. The van der Waals surface area contributed by atoms with Gasteiger partial charge < -0.3 is 5.32 Å². The lowest BCUT2D eigenvalue weighted by Crippen LogP contribution is -2.38. The van der Waals surface area contributed by atoms with Gasteiger partial charge in [0.05, 0.1) is 31.2 Å². The Balaban J connectivity index is 1.98. The number of hydrogen-bond donors (Lipinski definition) is 1. The molecule has 3 rings (SSSR count). The number of carbonyl (C=O) groups excluding carboxylic acids is 1. The number of non-ortho nitro benzene ring substituents is 1. The molecule has 0 aliphatic rings. The van der Waals surface area contributed by atoms with Crippen LogP contribution in [-0.4, -0.2) is 25.8 Å². The molecule has 0 aliphatic heterocycles. The van der Waals surface area contributed by atoms with Gasteiger partial charge in [-0.2, -0.15) is 0 Å². The summed E-state index contributed by atoms with van der Waals surface area (Å²) in [5, 5.41) is 13.8. The van der Waals surface area contributed by atoms with E-state index in [-0.39, 0.29) is 32.0 Å². The molecule has 0 fully saturated rings. The highest BCUT2D eigenvalue weighted by Gasteiger charge is 2.28. The van der Waals surface area contributed by atoms with E-state index in [0.717, 1.165) is 16.4 Å². The number of benzene rings is 3. The maximum Gasteiger partial charge on any atom is 0.269 e. The molecule has 160 valence electrons. The smallest absolute Gasteiger partial charge is 0.269 e. The number of anilines is 2. The summed E-state index contributed by atoms with van der Waals surface area (Å²) in [6, 6.07) is 17.0. The molecular weight excluding hydrogens is 465 g/mol. The molecule has 0 spiro atoms. The van der Waals surface area contributed by atoms with Crippen molar-refractivity contribution in [3.8, 4) is 0 Å². The predicted octanol–water partition coefficient (Wildman–Crippen LogP) is 4.74. The Morgan fingerprint density at radius 3 is 2.06 bits per heavy atom. The van der Waals surface area contributed by atoms with E-state index in [2.05, 4.69) is 5.32 Å². The third-order valence-electron chi connectivity index (χ3n) is 4.19. The van der Waals surface area contributed by atoms with Crippen LogP contribution in [-0.2, 0) is 14.8 Å². The van der Waals surface area contributed by atoms with Crippen LogP contribution in [0.3, 0.4) is 0 Å². The van der Waals surface area contributed by atoms with Gasteiger partial charge in [-0.3, -0.25) is 19.2 Å². The Kier molecular flexibility index (Phi) is 6.79. The van der Waals surface area contributed by atoms with E-state index >= 15 is 0 Å². The van der Waals surface area contributed by atoms with Gasteiger partial charge in [0.2, 0.25) is 5.91 Å². The summed E-state index contributed by atoms with van der Waals surface area (Å²) >= 11 is 12.1. The van der Waals surface area contributed by atoms with E-state index in [0.29, 0.717) is 0 Å². The lowest BCUT2D eigenvalue weighted by molar-refractivity contribution is -0.384. The van der Waals surface area contributed by atoms with Crippen LogP contribution in [0, 0.1) is 10.1 Å². The summed E-state index contributed by atoms with van der Waals surface area (Å²) in [4.78, 5) is 23.0. The van der Waals surface area contributed by atoms with Crippen LogP contribution < -0.4 is 9.62 Å². The number of nitrogens with one attached hydrogen (secondary N) is 1. The van der Waals surface area contributed by atoms with Crippen LogP contribution in [0.4, 0.5) is 17.1 Å². The molecule has 0 heterocycles. The number of nitro benzene ring substituents is 1. The molecule has 0 aromatic heterocycles. The van der Waals surface area contributed by atoms with Crippen molar-refractivity contribution in [3.63, 3.8) is 0 Å². The van der Waals surface area contributed by atoms with Gasteiger partial charge in [-0.15, -0.1) is 0 Å². The highest BCUT2D eigenvalue weighted by Crippen LogP contribution is 2.30. The van der Waals surface area contributed by atoms with E-state index in [9.17, 15) is 23.3 Å². The molecule has 0 atom stereocenters. The average molecular weight is 480 g/mol. The first kappa shape index (κ1) is 22.5. The van der Waals surface area contributed by atoms with Crippen molar-refractivity contribution in [2.24, 2.45) is 0 Å². The van der Waals surface area contributed by atoms with Crippen LogP contribution in [0.25, 0.3) is 0 Å². The zero-order chi connectivity index (χ0) is 22.6. The van der Waals surface area contributed by atoms with E-state index in [1.165, 1.54) is 36.4 Å². The van der Waals surface area contributed by atoms with E-state index in [4.69, 9.17) is 23.2 Å². The topological polar surface area (TPSA) is 110 Å². The molecule has 31 heavy (non-hydrogen) atoms. The number of nitrogens with zero attached hydrogens (tertiary/aromatic N) is 2. The first-order valence-corrected chi connectivity index (χ1v) is 11.0. The SMILES string of the molecule is O=C(CN(c1ccc([N+](=O)[O-])cc1)S(=O)(=O)c1ccccc1)Nc1c(Cl)cccc1Cl. The highest BCUT2D eigenvalue weighted by molar-refractivity contribution is 7.92. The average Bonchev–Trinajstić information content (AvgIpc) is 2.75. The highest BCUT2D eigenvalue weighted by atomic mass is 35.5. The van der Waals surface area contributed by atoms with Crippen LogP contribution >= 0.6 is 23.2 Å². The number of rotatable bonds is 7. The van der Waals surface area contributed by atoms with Gasteiger partial charge in [-0.25, -0.2) is 8.42 Å². The molecule has 1 N–H and O–H groups in total. The number of amides is 1. The van der Waals surface area contributed by atoms with Crippen LogP contribution in [0.15, 0.2) is 77.7 Å². The first-order valence-electron chi connectivity index (χ1n) is 8.76. The minimum absolute atomic E-state index is 0.0445. The molecule has 11 heteroatoms. The van der Waals surface area contributed by atoms with Crippen molar-refractivity contribution >= 4 is 56.2 Å². The molecule has 3 aromatic carbocycles. The van der Waals surface area contributed by atoms with E-state index < -0.39 is 27.4 Å². The third-order valence-corrected chi connectivity index (χ3v) is 6.61.